The lowest BCUT2D eigenvalue weighted by molar-refractivity contribution is -0.125. The smallest absolute Gasteiger partial charge is 0.224 e. The van der Waals surface area contributed by atoms with Crippen LogP contribution in [0.2, 0.25) is 0 Å². The third kappa shape index (κ3) is 3.63. The van der Waals surface area contributed by atoms with Crippen molar-refractivity contribution in [3.05, 3.63) is 29.0 Å². The molecule has 5 nitrogen and oxygen atoms in total. The second-order valence-electron chi connectivity index (χ2n) is 5.93. The van der Waals surface area contributed by atoms with Gasteiger partial charge in [-0.1, -0.05) is 22.9 Å². The van der Waals surface area contributed by atoms with Crippen LogP contribution in [0.4, 0.5) is 5.82 Å². The molecule has 1 aliphatic rings. The van der Waals surface area contributed by atoms with Crippen molar-refractivity contribution >= 4 is 38.6 Å². The molecule has 2 aromatic rings. The molecule has 0 spiro atoms. The zero-order valence-corrected chi connectivity index (χ0v) is 14.8. The van der Waals surface area contributed by atoms with E-state index in [1.165, 1.54) is 0 Å². The Bertz CT molecular complexity index is 706. The van der Waals surface area contributed by atoms with Crippen LogP contribution < -0.4 is 10.2 Å². The van der Waals surface area contributed by atoms with E-state index in [4.69, 9.17) is 0 Å². The van der Waals surface area contributed by atoms with Crippen LogP contribution in [0.3, 0.4) is 0 Å². The number of anilines is 1. The van der Waals surface area contributed by atoms with Gasteiger partial charge in [0, 0.05) is 29.5 Å². The summed E-state index contributed by atoms with van der Waals surface area (Å²) in [5.41, 5.74) is 0.927. The number of nitrogens with one attached hydrogen (secondary N) is 1. The van der Waals surface area contributed by atoms with Gasteiger partial charge in [-0.05, 0) is 37.5 Å². The molecule has 1 saturated heterocycles. The zero-order valence-electron chi connectivity index (χ0n) is 13.3. The Morgan fingerprint density at radius 3 is 3.13 bits per heavy atom. The molecule has 1 atom stereocenters. The van der Waals surface area contributed by atoms with Gasteiger partial charge in [-0.2, -0.15) is 0 Å². The molecule has 6 heteroatoms. The molecule has 122 valence electrons. The molecule has 0 saturated carbocycles. The van der Waals surface area contributed by atoms with E-state index >= 15 is 0 Å². The number of rotatable bonds is 4. The average molecular weight is 377 g/mol. The Morgan fingerprint density at radius 2 is 2.30 bits per heavy atom. The van der Waals surface area contributed by atoms with E-state index in [9.17, 15) is 4.79 Å². The summed E-state index contributed by atoms with van der Waals surface area (Å²) in [6.07, 6.45) is 4.52. The highest BCUT2D eigenvalue weighted by molar-refractivity contribution is 9.10. The summed E-state index contributed by atoms with van der Waals surface area (Å²) in [5.74, 6) is 1.12. The quantitative estimate of drug-likeness (QED) is 0.890. The van der Waals surface area contributed by atoms with Gasteiger partial charge in [-0.15, -0.1) is 0 Å². The van der Waals surface area contributed by atoms with Gasteiger partial charge in [0.25, 0.3) is 0 Å². The minimum absolute atomic E-state index is 0.0347. The number of halogens is 1. The topological polar surface area (TPSA) is 58.1 Å². The SMILES string of the molecule is CCCNC(=O)C1CCCN(c2ncnc3ccc(Br)cc23)C1. The van der Waals surface area contributed by atoms with E-state index in [1.54, 1.807) is 6.33 Å². The first-order valence-electron chi connectivity index (χ1n) is 8.12. The molecule has 23 heavy (non-hydrogen) atoms. The Labute approximate surface area is 144 Å². The average Bonchev–Trinajstić information content (AvgIpc) is 2.59. The summed E-state index contributed by atoms with van der Waals surface area (Å²) in [4.78, 5) is 23.3. The van der Waals surface area contributed by atoms with Crippen molar-refractivity contribution in [1.29, 1.82) is 0 Å². The first-order valence-corrected chi connectivity index (χ1v) is 8.91. The first kappa shape index (κ1) is 16.2. The fourth-order valence-electron chi connectivity index (χ4n) is 3.04. The highest BCUT2D eigenvalue weighted by atomic mass is 79.9. The number of amides is 1. The van der Waals surface area contributed by atoms with Crippen LogP contribution in [0.15, 0.2) is 29.0 Å². The van der Waals surface area contributed by atoms with Gasteiger partial charge in [0.05, 0.1) is 11.4 Å². The maximum Gasteiger partial charge on any atom is 0.224 e. The molecule has 1 N–H and O–H groups in total. The monoisotopic (exact) mass is 376 g/mol. The first-order chi connectivity index (χ1) is 11.2. The molecule has 0 aliphatic carbocycles. The lowest BCUT2D eigenvalue weighted by Gasteiger charge is -2.33. The minimum atomic E-state index is 0.0347. The van der Waals surface area contributed by atoms with Crippen molar-refractivity contribution in [2.24, 2.45) is 5.92 Å². The third-order valence-electron chi connectivity index (χ3n) is 4.22. The van der Waals surface area contributed by atoms with Crippen molar-refractivity contribution in [2.75, 3.05) is 24.5 Å². The predicted octanol–water partition coefficient (Wildman–Crippen LogP) is 3.13. The van der Waals surface area contributed by atoms with Crippen LogP contribution in [0.25, 0.3) is 10.9 Å². The standard InChI is InChI=1S/C17H21BrN4O/c1-2-7-19-17(23)12-4-3-8-22(10-12)16-14-9-13(18)5-6-15(14)20-11-21-16/h5-6,9,11-12H,2-4,7-8,10H2,1H3,(H,19,23). The normalized spacial score (nSPS) is 18.2. The Kier molecular flexibility index (Phi) is 5.10. The molecule has 1 aromatic heterocycles. The number of fused-ring (bicyclic) bond motifs is 1. The summed E-state index contributed by atoms with van der Waals surface area (Å²) < 4.78 is 1.01. The maximum atomic E-state index is 12.3. The lowest BCUT2D eigenvalue weighted by atomic mass is 9.97. The Morgan fingerprint density at radius 1 is 1.43 bits per heavy atom. The second kappa shape index (κ2) is 7.25. The Balaban J connectivity index is 1.84. The molecule has 1 unspecified atom stereocenters. The maximum absolute atomic E-state index is 12.3. The summed E-state index contributed by atoms with van der Waals surface area (Å²) in [7, 11) is 0. The summed E-state index contributed by atoms with van der Waals surface area (Å²) in [5, 5.41) is 4.04. The number of hydrogen-bond acceptors (Lipinski definition) is 4. The predicted molar refractivity (Wildman–Crippen MR) is 95.5 cm³/mol. The lowest BCUT2D eigenvalue weighted by Crippen LogP contribution is -2.43. The number of benzene rings is 1. The molecule has 1 fully saturated rings. The van der Waals surface area contributed by atoms with Crippen molar-refractivity contribution in [3.8, 4) is 0 Å². The minimum Gasteiger partial charge on any atom is -0.356 e. The number of carbonyl (C=O) groups excluding carboxylic acids is 1. The van der Waals surface area contributed by atoms with Gasteiger partial charge >= 0.3 is 0 Å². The molecule has 1 aliphatic heterocycles. The fraction of sp³-hybridized carbons (Fsp3) is 0.471. The second-order valence-corrected chi connectivity index (χ2v) is 6.85. The summed E-state index contributed by atoms with van der Waals surface area (Å²) in [6, 6.07) is 6.02. The number of nitrogens with zero attached hydrogens (tertiary/aromatic N) is 3. The zero-order chi connectivity index (χ0) is 16.2. The number of hydrogen-bond donors (Lipinski definition) is 1. The van der Waals surface area contributed by atoms with Gasteiger partial charge in [-0.3, -0.25) is 4.79 Å². The van der Waals surface area contributed by atoms with Crippen LogP contribution >= 0.6 is 15.9 Å². The molecule has 3 rings (SSSR count). The molecule has 2 heterocycles. The van der Waals surface area contributed by atoms with Gasteiger partial charge in [-0.25, -0.2) is 9.97 Å². The largest absolute Gasteiger partial charge is 0.356 e. The van der Waals surface area contributed by atoms with Crippen LogP contribution in [-0.4, -0.2) is 35.5 Å². The molecule has 0 radical (unpaired) electrons. The van der Waals surface area contributed by atoms with E-state index in [1.807, 2.05) is 18.2 Å². The van der Waals surface area contributed by atoms with Gasteiger partial charge in [0.1, 0.15) is 12.1 Å². The van der Waals surface area contributed by atoms with Gasteiger partial charge in [0.2, 0.25) is 5.91 Å². The molecular formula is C17H21BrN4O. The van der Waals surface area contributed by atoms with E-state index in [0.29, 0.717) is 6.54 Å². The fourth-order valence-corrected chi connectivity index (χ4v) is 3.40. The van der Waals surface area contributed by atoms with Crippen LogP contribution in [0.1, 0.15) is 26.2 Å². The van der Waals surface area contributed by atoms with Gasteiger partial charge in [0.15, 0.2) is 0 Å². The van der Waals surface area contributed by atoms with Crippen molar-refractivity contribution < 1.29 is 4.79 Å². The molecule has 0 bridgehead atoms. The number of carbonyl (C=O) groups is 1. The Hall–Kier alpha value is -1.69. The van der Waals surface area contributed by atoms with Crippen molar-refractivity contribution in [3.63, 3.8) is 0 Å². The number of aromatic nitrogens is 2. The van der Waals surface area contributed by atoms with E-state index in [0.717, 1.165) is 53.5 Å². The highest BCUT2D eigenvalue weighted by Crippen LogP contribution is 2.29. The molecule has 1 aromatic carbocycles. The highest BCUT2D eigenvalue weighted by Gasteiger charge is 2.27. The van der Waals surface area contributed by atoms with Crippen LogP contribution in [0, 0.1) is 5.92 Å². The van der Waals surface area contributed by atoms with E-state index < -0.39 is 0 Å². The van der Waals surface area contributed by atoms with Crippen molar-refractivity contribution in [2.45, 2.75) is 26.2 Å². The number of piperidine rings is 1. The van der Waals surface area contributed by atoms with Crippen LogP contribution in [-0.2, 0) is 4.79 Å². The molecular weight excluding hydrogens is 356 g/mol. The van der Waals surface area contributed by atoms with Gasteiger partial charge < -0.3 is 10.2 Å². The summed E-state index contributed by atoms with van der Waals surface area (Å²) >= 11 is 3.52. The van der Waals surface area contributed by atoms with E-state index in [-0.39, 0.29) is 11.8 Å². The van der Waals surface area contributed by atoms with Crippen molar-refractivity contribution in [1.82, 2.24) is 15.3 Å². The van der Waals surface area contributed by atoms with E-state index in [2.05, 4.69) is 43.0 Å². The van der Waals surface area contributed by atoms with Crippen LogP contribution in [0.5, 0.6) is 0 Å². The third-order valence-corrected chi connectivity index (χ3v) is 4.71. The summed E-state index contributed by atoms with van der Waals surface area (Å²) in [6.45, 7) is 4.46. The molecule has 1 amide bonds.